The molecule has 30 heavy (non-hydrogen) atoms. The van der Waals surface area contributed by atoms with Crippen molar-refractivity contribution in [2.45, 2.75) is 33.2 Å². The van der Waals surface area contributed by atoms with E-state index in [4.69, 9.17) is 14.0 Å². The molecule has 0 aliphatic rings. The Hall–Kier alpha value is -3.69. The molecular weight excluding hydrogens is 392 g/mol. The summed E-state index contributed by atoms with van der Waals surface area (Å²) in [6.45, 7) is 5.78. The summed E-state index contributed by atoms with van der Waals surface area (Å²) in [6.07, 6.45) is 1.50. The van der Waals surface area contributed by atoms with Crippen LogP contribution in [0.4, 0.5) is 5.69 Å². The average molecular weight is 414 g/mol. The van der Waals surface area contributed by atoms with E-state index in [2.05, 4.69) is 15.5 Å². The van der Waals surface area contributed by atoms with E-state index in [-0.39, 0.29) is 23.4 Å². The maximum absolute atomic E-state index is 13.1. The van der Waals surface area contributed by atoms with Gasteiger partial charge in [-0.25, -0.2) is 9.78 Å². The van der Waals surface area contributed by atoms with E-state index in [0.717, 1.165) is 4.57 Å². The normalized spacial score (nSPS) is 11.8. The van der Waals surface area contributed by atoms with Gasteiger partial charge in [0.1, 0.15) is 23.5 Å². The van der Waals surface area contributed by atoms with Crippen LogP contribution in [0.15, 0.2) is 39.9 Å². The van der Waals surface area contributed by atoms with Crippen LogP contribution in [0.1, 0.15) is 43.7 Å². The Morgan fingerprint density at radius 3 is 2.67 bits per heavy atom. The van der Waals surface area contributed by atoms with Gasteiger partial charge in [-0.2, -0.15) is 0 Å². The zero-order valence-corrected chi connectivity index (χ0v) is 16.9. The quantitative estimate of drug-likeness (QED) is 0.558. The first-order valence-electron chi connectivity index (χ1n) is 9.58. The van der Waals surface area contributed by atoms with Crippen LogP contribution in [0.5, 0.6) is 5.75 Å². The van der Waals surface area contributed by atoms with Crippen molar-refractivity contribution >= 4 is 28.7 Å². The second-order valence-corrected chi connectivity index (χ2v) is 6.23. The Morgan fingerprint density at radius 1 is 1.20 bits per heavy atom. The number of ether oxygens (including phenoxy) is 2. The molecule has 158 valence electrons. The van der Waals surface area contributed by atoms with E-state index in [1.807, 2.05) is 6.92 Å². The molecule has 1 N–H and O–H groups in total. The smallest absolute Gasteiger partial charge is 0.361 e. The van der Waals surface area contributed by atoms with Crippen LogP contribution in [0.25, 0.3) is 11.1 Å². The number of benzene rings is 1. The lowest BCUT2D eigenvalue weighted by Gasteiger charge is -2.18. The molecule has 0 spiro atoms. The summed E-state index contributed by atoms with van der Waals surface area (Å²) < 4.78 is 16.6. The van der Waals surface area contributed by atoms with Gasteiger partial charge < -0.3 is 19.3 Å². The number of rotatable bonds is 8. The minimum Gasteiger partial charge on any atom is -0.492 e. The minimum absolute atomic E-state index is 0.101. The van der Waals surface area contributed by atoms with Crippen molar-refractivity contribution in [3.05, 3.63) is 46.6 Å². The second-order valence-electron chi connectivity index (χ2n) is 6.23. The molecule has 1 amide bonds. The van der Waals surface area contributed by atoms with E-state index in [1.165, 1.54) is 6.33 Å². The van der Waals surface area contributed by atoms with Gasteiger partial charge >= 0.3 is 5.97 Å². The highest BCUT2D eigenvalue weighted by Gasteiger charge is 2.27. The van der Waals surface area contributed by atoms with Crippen LogP contribution in [0.3, 0.4) is 0 Å². The maximum Gasteiger partial charge on any atom is 0.361 e. The van der Waals surface area contributed by atoms with E-state index in [0.29, 0.717) is 24.5 Å². The number of hydrogen-bond acceptors (Lipinski definition) is 8. The van der Waals surface area contributed by atoms with Crippen LogP contribution in [0.2, 0.25) is 0 Å². The van der Waals surface area contributed by atoms with E-state index >= 15 is 0 Å². The topological polar surface area (TPSA) is 126 Å². The van der Waals surface area contributed by atoms with Gasteiger partial charge in [0.05, 0.1) is 18.9 Å². The zero-order chi connectivity index (χ0) is 21.7. The monoisotopic (exact) mass is 414 g/mol. The first-order valence-corrected chi connectivity index (χ1v) is 9.58. The van der Waals surface area contributed by atoms with E-state index < -0.39 is 23.5 Å². The average Bonchev–Trinajstić information content (AvgIpc) is 3.17. The molecule has 0 aliphatic heterocycles. The number of fused-ring (bicyclic) bond motifs is 1. The summed E-state index contributed by atoms with van der Waals surface area (Å²) in [5.41, 5.74) is -0.501. The summed E-state index contributed by atoms with van der Waals surface area (Å²) in [7, 11) is 0. The lowest BCUT2D eigenvalue weighted by Crippen LogP contribution is -2.33. The van der Waals surface area contributed by atoms with Crippen LogP contribution in [-0.2, 0) is 9.53 Å². The Labute approximate surface area is 171 Å². The molecule has 10 heteroatoms. The summed E-state index contributed by atoms with van der Waals surface area (Å²) in [5, 5.41) is 6.26. The van der Waals surface area contributed by atoms with Gasteiger partial charge in [-0.05, 0) is 32.4 Å². The Morgan fingerprint density at radius 2 is 1.97 bits per heavy atom. The number of nitrogens with zero attached hydrogens (tertiary/aromatic N) is 3. The summed E-state index contributed by atoms with van der Waals surface area (Å²) >= 11 is 0. The fraction of sp³-hybridized carbons (Fsp3) is 0.350. The lowest BCUT2D eigenvalue weighted by atomic mass is 10.2. The third kappa shape index (κ3) is 4.02. The minimum atomic E-state index is -0.881. The van der Waals surface area contributed by atoms with E-state index in [1.54, 1.807) is 38.1 Å². The molecule has 1 aromatic carbocycles. The number of nitrogens with one attached hydrogen (secondary N) is 1. The van der Waals surface area contributed by atoms with Gasteiger partial charge in [-0.3, -0.25) is 14.2 Å². The molecule has 3 aromatic rings. The van der Waals surface area contributed by atoms with Crippen LogP contribution in [-0.4, -0.2) is 39.8 Å². The number of carbonyl (C=O) groups excluding carboxylic acids is 2. The van der Waals surface area contributed by atoms with Gasteiger partial charge in [0.25, 0.3) is 11.3 Å². The lowest BCUT2D eigenvalue weighted by molar-refractivity contribution is -0.119. The molecule has 0 fully saturated rings. The van der Waals surface area contributed by atoms with Crippen LogP contribution >= 0.6 is 0 Å². The van der Waals surface area contributed by atoms with Crippen molar-refractivity contribution in [1.29, 1.82) is 0 Å². The van der Waals surface area contributed by atoms with Gasteiger partial charge in [0, 0.05) is 0 Å². The van der Waals surface area contributed by atoms with Crippen molar-refractivity contribution in [3.63, 3.8) is 0 Å². The van der Waals surface area contributed by atoms with Crippen LogP contribution in [0, 0.1) is 0 Å². The van der Waals surface area contributed by atoms with Crippen molar-refractivity contribution in [2.24, 2.45) is 0 Å². The van der Waals surface area contributed by atoms with Crippen molar-refractivity contribution in [1.82, 2.24) is 14.7 Å². The fourth-order valence-electron chi connectivity index (χ4n) is 3.00. The van der Waals surface area contributed by atoms with Gasteiger partial charge in [0.15, 0.2) is 0 Å². The largest absolute Gasteiger partial charge is 0.492 e. The Kier molecular flexibility index (Phi) is 6.45. The van der Waals surface area contributed by atoms with Crippen LogP contribution < -0.4 is 15.6 Å². The molecule has 0 radical (unpaired) electrons. The van der Waals surface area contributed by atoms with E-state index in [9.17, 15) is 14.4 Å². The third-order valence-electron chi connectivity index (χ3n) is 4.36. The zero-order valence-electron chi connectivity index (χ0n) is 16.9. The molecule has 1 atom stereocenters. The predicted octanol–water partition coefficient (Wildman–Crippen LogP) is 2.55. The molecule has 2 aromatic heterocycles. The van der Waals surface area contributed by atoms with Gasteiger partial charge in [-0.15, -0.1) is 0 Å². The molecular formula is C20H22N4O6. The highest BCUT2D eigenvalue weighted by atomic mass is 16.5. The van der Waals surface area contributed by atoms with Gasteiger partial charge in [-0.1, -0.05) is 24.2 Å². The summed E-state index contributed by atoms with van der Waals surface area (Å²) in [4.78, 5) is 42.1. The number of anilines is 1. The SMILES string of the molecule is CCOC(=O)c1noc2ncn([C@H](CC)C(=O)Nc3ccccc3OCC)c(=O)c12. The highest BCUT2D eigenvalue weighted by molar-refractivity contribution is 6.00. The number of amides is 1. The van der Waals surface area contributed by atoms with Gasteiger partial charge in [0.2, 0.25) is 11.6 Å². The Balaban J connectivity index is 1.98. The number of esters is 1. The maximum atomic E-state index is 13.1. The summed E-state index contributed by atoms with van der Waals surface area (Å²) in [5.74, 6) is -0.703. The number of aromatic nitrogens is 3. The molecule has 10 nitrogen and oxygen atoms in total. The molecule has 0 saturated heterocycles. The first kappa shape index (κ1) is 21.0. The molecule has 0 aliphatic carbocycles. The van der Waals surface area contributed by atoms with Crippen molar-refractivity contribution in [2.75, 3.05) is 18.5 Å². The Bertz CT molecular complexity index is 1120. The second kappa shape index (κ2) is 9.21. The number of carbonyl (C=O) groups is 2. The third-order valence-corrected chi connectivity index (χ3v) is 4.36. The fourth-order valence-corrected chi connectivity index (χ4v) is 3.00. The highest BCUT2D eigenvalue weighted by Crippen LogP contribution is 2.25. The molecule has 2 heterocycles. The van der Waals surface area contributed by atoms with Crippen molar-refractivity contribution < 1.29 is 23.6 Å². The predicted molar refractivity (Wildman–Crippen MR) is 108 cm³/mol. The standard InChI is InChI=1S/C20H22N4O6/c1-4-13(17(25)22-12-9-7-8-10-14(12)28-5-2)24-11-21-18-15(19(24)26)16(23-30-18)20(27)29-6-3/h7-11,13H,4-6H2,1-3H3,(H,22,25)/t13-/m1/s1. The number of para-hydroxylation sites is 2. The molecule has 0 unspecified atom stereocenters. The first-order chi connectivity index (χ1) is 14.5. The molecule has 0 bridgehead atoms. The summed E-state index contributed by atoms with van der Waals surface area (Å²) in [6, 6.07) is 6.13. The molecule has 3 rings (SSSR count). The van der Waals surface area contributed by atoms with Crippen molar-refractivity contribution in [3.8, 4) is 5.75 Å². The number of hydrogen-bond donors (Lipinski definition) is 1. The molecule has 0 saturated carbocycles.